The van der Waals surface area contributed by atoms with Gasteiger partial charge in [0.25, 0.3) is 5.69 Å². The summed E-state index contributed by atoms with van der Waals surface area (Å²) in [6, 6.07) is 6.46. The molecule has 5 heteroatoms. The maximum Gasteiger partial charge on any atom is 0.294 e. The summed E-state index contributed by atoms with van der Waals surface area (Å²) >= 11 is 0. The highest BCUT2D eigenvalue weighted by Crippen LogP contribution is 2.26. The first-order valence-electron chi connectivity index (χ1n) is 4.29. The maximum atomic E-state index is 10.6. The first-order valence-corrected chi connectivity index (χ1v) is 4.29. The van der Waals surface area contributed by atoms with Crippen molar-refractivity contribution >= 4 is 17.7 Å². The highest BCUT2D eigenvalue weighted by Gasteiger charge is 2.14. The minimum absolute atomic E-state index is 0.0469. The average Bonchev–Trinajstić information content (AvgIpc) is 2.98. The Labute approximate surface area is 80.8 Å². The van der Waals surface area contributed by atoms with Gasteiger partial charge in [0.15, 0.2) is 0 Å². The predicted octanol–water partition coefficient (Wildman–Crippen LogP) is 1.57. The number of benzene rings is 1. The molecule has 1 aromatic rings. The molecule has 0 radical (unpaired) electrons. The van der Waals surface area contributed by atoms with Crippen molar-refractivity contribution in [3.05, 3.63) is 34.4 Å². The van der Waals surface area contributed by atoms with Gasteiger partial charge in [-0.05, 0) is 6.07 Å². The first-order chi connectivity index (χ1) is 6.77. The van der Waals surface area contributed by atoms with Crippen LogP contribution >= 0.6 is 0 Å². The van der Waals surface area contributed by atoms with Gasteiger partial charge in [0, 0.05) is 19.2 Å². The highest BCUT2D eigenvalue weighted by molar-refractivity contribution is 5.68. The largest absolute Gasteiger partial charge is 0.359 e. The molecule has 0 aromatic heterocycles. The summed E-state index contributed by atoms with van der Waals surface area (Å²) in [6.07, 6.45) is 1.64. The molecule has 1 saturated heterocycles. The van der Waals surface area contributed by atoms with Gasteiger partial charge in [-0.1, -0.05) is 12.1 Å². The molecule has 2 rings (SSSR count). The third-order valence-corrected chi connectivity index (χ3v) is 1.92. The van der Waals surface area contributed by atoms with E-state index in [-0.39, 0.29) is 5.69 Å². The van der Waals surface area contributed by atoms with Crippen LogP contribution in [-0.2, 0) is 0 Å². The van der Waals surface area contributed by atoms with Gasteiger partial charge < -0.3 is 4.90 Å². The van der Waals surface area contributed by atoms with E-state index in [9.17, 15) is 10.1 Å². The monoisotopic (exact) mass is 191 g/mol. The smallest absolute Gasteiger partial charge is 0.294 e. The molecule has 0 bridgehead atoms. The lowest BCUT2D eigenvalue weighted by atomic mass is 10.3. The van der Waals surface area contributed by atoms with Crippen LogP contribution in [0.5, 0.6) is 0 Å². The van der Waals surface area contributed by atoms with Crippen molar-refractivity contribution in [2.75, 3.05) is 13.1 Å². The van der Waals surface area contributed by atoms with E-state index in [0.29, 0.717) is 5.69 Å². The van der Waals surface area contributed by atoms with E-state index >= 15 is 0 Å². The zero-order chi connectivity index (χ0) is 9.97. The van der Waals surface area contributed by atoms with Crippen LogP contribution in [0.4, 0.5) is 11.4 Å². The topological polar surface area (TPSA) is 58.5 Å². The minimum atomic E-state index is -0.422. The van der Waals surface area contributed by atoms with E-state index in [1.54, 1.807) is 24.5 Å². The van der Waals surface area contributed by atoms with Crippen LogP contribution in [0, 0.1) is 10.1 Å². The lowest BCUT2D eigenvalue weighted by Gasteiger charge is -1.95. The standard InChI is InChI=1S/C9H9N3O2/c13-12(14)9-4-2-1-3-8(9)10-7-11-5-6-11/h1-4,7H,5-6H2. The fraction of sp³-hybridized carbons (Fsp3) is 0.222. The van der Waals surface area contributed by atoms with Gasteiger partial charge in [-0.3, -0.25) is 10.1 Å². The molecule has 0 amide bonds. The molecular weight excluding hydrogens is 182 g/mol. The number of nitro groups is 1. The number of hydrogen-bond donors (Lipinski definition) is 0. The molecule has 5 nitrogen and oxygen atoms in total. The van der Waals surface area contributed by atoms with Gasteiger partial charge in [0.05, 0.1) is 11.3 Å². The number of nitrogens with zero attached hydrogens (tertiary/aromatic N) is 3. The first kappa shape index (κ1) is 8.68. The second-order valence-corrected chi connectivity index (χ2v) is 3.03. The van der Waals surface area contributed by atoms with E-state index < -0.39 is 4.92 Å². The Morgan fingerprint density at radius 1 is 1.43 bits per heavy atom. The number of aliphatic imine (C=N–C) groups is 1. The summed E-state index contributed by atoms with van der Waals surface area (Å²) < 4.78 is 0. The zero-order valence-corrected chi connectivity index (χ0v) is 7.46. The van der Waals surface area contributed by atoms with Gasteiger partial charge in [0.2, 0.25) is 0 Å². The zero-order valence-electron chi connectivity index (χ0n) is 7.46. The molecule has 0 N–H and O–H groups in total. The van der Waals surface area contributed by atoms with Crippen molar-refractivity contribution < 1.29 is 4.92 Å². The molecule has 0 unspecified atom stereocenters. The molecular formula is C9H9N3O2. The molecule has 1 aliphatic rings. The Balaban J connectivity index is 2.26. The number of para-hydroxylation sites is 2. The SMILES string of the molecule is O=[N+]([O-])c1ccccc1N=CN1CC1. The minimum Gasteiger partial charge on any atom is -0.359 e. The molecule has 0 saturated carbocycles. The number of nitro benzene ring substituents is 1. The van der Waals surface area contributed by atoms with Crippen molar-refractivity contribution in [3.63, 3.8) is 0 Å². The second-order valence-electron chi connectivity index (χ2n) is 3.03. The molecule has 1 heterocycles. The molecule has 0 aliphatic carbocycles. The van der Waals surface area contributed by atoms with E-state index in [2.05, 4.69) is 4.99 Å². The molecule has 72 valence electrons. The second kappa shape index (κ2) is 3.45. The normalized spacial score (nSPS) is 14.7. The summed E-state index contributed by atoms with van der Waals surface area (Å²) in [5.74, 6) is 0. The van der Waals surface area contributed by atoms with Crippen LogP contribution in [0.1, 0.15) is 0 Å². The summed E-state index contributed by atoms with van der Waals surface area (Å²) in [7, 11) is 0. The van der Waals surface area contributed by atoms with E-state index in [0.717, 1.165) is 13.1 Å². The Hall–Kier alpha value is -1.91. The van der Waals surface area contributed by atoms with E-state index in [1.165, 1.54) is 6.07 Å². The fourth-order valence-corrected chi connectivity index (χ4v) is 1.04. The highest BCUT2D eigenvalue weighted by atomic mass is 16.6. The van der Waals surface area contributed by atoms with Crippen LogP contribution in [0.15, 0.2) is 29.3 Å². The quantitative estimate of drug-likeness (QED) is 0.239. The number of rotatable bonds is 3. The van der Waals surface area contributed by atoms with Gasteiger partial charge in [0.1, 0.15) is 5.69 Å². The lowest BCUT2D eigenvalue weighted by molar-refractivity contribution is -0.384. The maximum absolute atomic E-state index is 10.6. The Morgan fingerprint density at radius 3 is 2.79 bits per heavy atom. The lowest BCUT2D eigenvalue weighted by Crippen LogP contribution is -1.91. The Morgan fingerprint density at radius 2 is 2.14 bits per heavy atom. The van der Waals surface area contributed by atoms with Crippen molar-refractivity contribution in [2.45, 2.75) is 0 Å². The van der Waals surface area contributed by atoms with E-state index in [4.69, 9.17) is 0 Å². The average molecular weight is 191 g/mol. The molecule has 1 aromatic carbocycles. The summed E-state index contributed by atoms with van der Waals surface area (Å²) in [6.45, 7) is 1.98. The number of hydrogen-bond acceptors (Lipinski definition) is 3. The van der Waals surface area contributed by atoms with Gasteiger partial charge in [-0.15, -0.1) is 0 Å². The van der Waals surface area contributed by atoms with Gasteiger partial charge in [-0.25, -0.2) is 4.99 Å². The molecule has 14 heavy (non-hydrogen) atoms. The molecule has 1 aliphatic heterocycles. The van der Waals surface area contributed by atoms with Crippen molar-refractivity contribution in [2.24, 2.45) is 4.99 Å². The predicted molar refractivity (Wildman–Crippen MR) is 52.8 cm³/mol. The van der Waals surface area contributed by atoms with Crippen LogP contribution < -0.4 is 0 Å². The Kier molecular flexibility index (Phi) is 2.14. The van der Waals surface area contributed by atoms with Crippen molar-refractivity contribution in [3.8, 4) is 0 Å². The van der Waals surface area contributed by atoms with Crippen LogP contribution in [0.3, 0.4) is 0 Å². The fourth-order valence-electron chi connectivity index (χ4n) is 1.04. The third-order valence-electron chi connectivity index (χ3n) is 1.92. The Bertz CT molecular complexity index is 385. The van der Waals surface area contributed by atoms with Crippen molar-refractivity contribution in [1.82, 2.24) is 4.90 Å². The summed E-state index contributed by atoms with van der Waals surface area (Å²) in [5, 5.41) is 10.6. The third kappa shape index (κ3) is 1.87. The van der Waals surface area contributed by atoms with Gasteiger partial charge in [-0.2, -0.15) is 0 Å². The van der Waals surface area contributed by atoms with Crippen LogP contribution in [-0.4, -0.2) is 29.3 Å². The summed E-state index contributed by atoms with van der Waals surface area (Å²) in [5.41, 5.74) is 0.454. The summed E-state index contributed by atoms with van der Waals surface area (Å²) in [4.78, 5) is 16.2. The van der Waals surface area contributed by atoms with Gasteiger partial charge >= 0.3 is 0 Å². The van der Waals surface area contributed by atoms with Crippen molar-refractivity contribution in [1.29, 1.82) is 0 Å². The molecule has 0 atom stereocenters. The van der Waals surface area contributed by atoms with Crippen LogP contribution in [0.2, 0.25) is 0 Å². The van der Waals surface area contributed by atoms with E-state index in [1.807, 2.05) is 4.90 Å². The molecule has 1 fully saturated rings. The van der Waals surface area contributed by atoms with Crippen LogP contribution in [0.25, 0.3) is 0 Å². The molecule has 0 spiro atoms.